The molecule has 2 atom stereocenters. The normalized spacial score (nSPS) is 21.2. The van der Waals surface area contributed by atoms with Crippen molar-refractivity contribution in [3.05, 3.63) is 18.5 Å². The van der Waals surface area contributed by atoms with Crippen LogP contribution in [0.2, 0.25) is 0 Å². The Morgan fingerprint density at radius 3 is 2.86 bits per heavy atom. The van der Waals surface area contributed by atoms with E-state index in [9.17, 15) is 8.42 Å². The number of sulfonamides is 1. The van der Waals surface area contributed by atoms with E-state index < -0.39 is 10.0 Å². The van der Waals surface area contributed by atoms with Crippen molar-refractivity contribution in [2.24, 2.45) is 0 Å². The van der Waals surface area contributed by atoms with Crippen LogP contribution in [0.4, 0.5) is 5.95 Å². The van der Waals surface area contributed by atoms with E-state index in [0.717, 1.165) is 19.4 Å². The molecule has 1 N–H and O–H groups in total. The number of ether oxygens (including phenoxy) is 1. The smallest absolute Gasteiger partial charge is 0.225 e. The molecule has 0 aromatic carbocycles. The van der Waals surface area contributed by atoms with Gasteiger partial charge in [0, 0.05) is 38.6 Å². The minimum atomic E-state index is -3.34. The molecule has 1 fully saturated rings. The Labute approximate surface area is 125 Å². The van der Waals surface area contributed by atoms with Gasteiger partial charge in [0.1, 0.15) is 0 Å². The summed E-state index contributed by atoms with van der Waals surface area (Å²) >= 11 is 0. The number of methoxy groups -OCH3 is 1. The largest absolute Gasteiger partial charge is 0.381 e. The van der Waals surface area contributed by atoms with Gasteiger partial charge < -0.3 is 9.64 Å². The predicted molar refractivity (Wildman–Crippen MR) is 80.7 cm³/mol. The third kappa shape index (κ3) is 4.90. The lowest BCUT2D eigenvalue weighted by molar-refractivity contribution is 0.136. The molecule has 21 heavy (non-hydrogen) atoms. The SMILES string of the molecule is CO[C@H](C)CS(=O)(=O)N[C@@H]1CCCN(c2ncccn2)C1. The molecule has 1 aromatic rings. The van der Waals surface area contributed by atoms with Gasteiger partial charge in [-0.1, -0.05) is 0 Å². The molecule has 0 spiro atoms. The summed E-state index contributed by atoms with van der Waals surface area (Å²) in [5.74, 6) is 0.619. The number of aromatic nitrogens is 2. The summed E-state index contributed by atoms with van der Waals surface area (Å²) in [6.45, 7) is 3.17. The van der Waals surface area contributed by atoms with Gasteiger partial charge in [0.05, 0.1) is 11.9 Å². The second kappa shape index (κ2) is 7.15. The van der Waals surface area contributed by atoms with Crippen molar-refractivity contribution in [3.8, 4) is 0 Å². The highest BCUT2D eigenvalue weighted by molar-refractivity contribution is 7.89. The highest BCUT2D eigenvalue weighted by Crippen LogP contribution is 2.16. The fourth-order valence-electron chi connectivity index (χ4n) is 2.39. The Bertz CT molecular complexity index is 538. The van der Waals surface area contributed by atoms with Gasteiger partial charge in [-0.2, -0.15) is 0 Å². The summed E-state index contributed by atoms with van der Waals surface area (Å²) < 4.78 is 31.9. The molecule has 2 rings (SSSR count). The number of rotatable bonds is 6. The van der Waals surface area contributed by atoms with Crippen molar-refractivity contribution in [1.82, 2.24) is 14.7 Å². The van der Waals surface area contributed by atoms with Crippen molar-refractivity contribution < 1.29 is 13.2 Å². The molecule has 0 aliphatic carbocycles. The second-order valence-corrected chi connectivity index (χ2v) is 7.08. The first kappa shape index (κ1) is 16.1. The van der Waals surface area contributed by atoms with Gasteiger partial charge in [-0.15, -0.1) is 0 Å². The van der Waals surface area contributed by atoms with Crippen LogP contribution in [0.25, 0.3) is 0 Å². The zero-order chi connectivity index (χ0) is 15.3. The minimum absolute atomic E-state index is 0.0260. The lowest BCUT2D eigenvalue weighted by Gasteiger charge is -2.33. The summed E-state index contributed by atoms with van der Waals surface area (Å²) in [7, 11) is -1.83. The molecule has 2 heterocycles. The lowest BCUT2D eigenvalue weighted by Crippen LogP contribution is -2.49. The van der Waals surface area contributed by atoms with Crippen molar-refractivity contribution in [1.29, 1.82) is 0 Å². The molecule has 118 valence electrons. The third-order valence-corrected chi connectivity index (χ3v) is 5.06. The molecule has 1 aliphatic heterocycles. The van der Waals surface area contributed by atoms with Gasteiger partial charge in [-0.05, 0) is 25.8 Å². The molecule has 8 heteroatoms. The highest BCUT2D eigenvalue weighted by Gasteiger charge is 2.26. The van der Waals surface area contributed by atoms with Gasteiger partial charge in [0.2, 0.25) is 16.0 Å². The fourth-order valence-corrected chi connectivity index (χ4v) is 3.94. The molecule has 0 bridgehead atoms. The average Bonchev–Trinajstić information content (AvgIpc) is 2.47. The van der Waals surface area contributed by atoms with Crippen LogP contribution in [-0.4, -0.2) is 56.5 Å². The van der Waals surface area contributed by atoms with Gasteiger partial charge >= 0.3 is 0 Å². The molecule has 0 saturated carbocycles. The fraction of sp³-hybridized carbons (Fsp3) is 0.692. The molecular formula is C13H22N4O3S. The Balaban J connectivity index is 1.95. The average molecular weight is 314 g/mol. The quantitative estimate of drug-likeness (QED) is 0.818. The summed E-state index contributed by atoms with van der Waals surface area (Å²) in [4.78, 5) is 10.4. The van der Waals surface area contributed by atoms with Crippen LogP contribution in [-0.2, 0) is 14.8 Å². The summed E-state index contributed by atoms with van der Waals surface area (Å²) in [5, 5.41) is 0. The zero-order valence-corrected chi connectivity index (χ0v) is 13.2. The van der Waals surface area contributed by atoms with Gasteiger partial charge in [-0.3, -0.25) is 0 Å². The predicted octanol–water partition coefficient (Wildman–Crippen LogP) is 0.400. The van der Waals surface area contributed by atoms with Crippen molar-refractivity contribution >= 4 is 16.0 Å². The van der Waals surface area contributed by atoms with Crippen LogP contribution >= 0.6 is 0 Å². The van der Waals surface area contributed by atoms with E-state index in [-0.39, 0.29) is 17.9 Å². The van der Waals surface area contributed by atoms with Crippen molar-refractivity contribution in [2.75, 3.05) is 30.9 Å². The van der Waals surface area contributed by atoms with Gasteiger partial charge in [-0.25, -0.2) is 23.1 Å². The second-order valence-electron chi connectivity index (χ2n) is 5.28. The minimum Gasteiger partial charge on any atom is -0.381 e. The number of nitrogens with one attached hydrogen (secondary N) is 1. The number of hydrogen-bond acceptors (Lipinski definition) is 6. The van der Waals surface area contributed by atoms with Crippen LogP contribution in [0.1, 0.15) is 19.8 Å². The van der Waals surface area contributed by atoms with Crippen LogP contribution in [0.5, 0.6) is 0 Å². The molecule has 0 radical (unpaired) electrons. The van der Waals surface area contributed by atoms with Crippen LogP contribution in [0.15, 0.2) is 18.5 Å². The molecule has 7 nitrogen and oxygen atoms in total. The highest BCUT2D eigenvalue weighted by atomic mass is 32.2. The van der Waals surface area contributed by atoms with E-state index >= 15 is 0 Å². The maximum Gasteiger partial charge on any atom is 0.225 e. The number of anilines is 1. The Morgan fingerprint density at radius 1 is 1.48 bits per heavy atom. The summed E-state index contributed by atoms with van der Waals surface area (Å²) in [6.07, 6.45) is 4.79. The number of nitrogens with zero attached hydrogens (tertiary/aromatic N) is 3. The first-order valence-corrected chi connectivity index (χ1v) is 8.70. The molecular weight excluding hydrogens is 292 g/mol. The number of piperidine rings is 1. The van der Waals surface area contributed by atoms with Crippen molar-refractivity contribution in [2.45, 2.75) is 31.9 Å². The van der Waals surface area contributed by atoms with E-state index in [2.05, 4.69) is 14.7 Å². The monoisotopic (exact) mass is 314 g/mol. The maximum absolute atomic E-state index is 12.1. The molecule has 1 aliphatic rings. The topological polar surface area (TPSA) is 84.4 Å². The first-order chi connectivity index (χ1) is 10.00. The number of hydrogen-bond donors (Lipinski definition) is 1. The molecule has 0 unspecified atom stereocenters. The molecule has 1 saturated heterocycles. The van der Waals surface area contributed by atoms with Crippen LogP contribution in [0, 0.1) is 0 Å². The van der Waals surface area contributed by atoms with Gasteiger partial charge in [0.15, 0.2) is 0 Å². The van der Waals surface area contributed by atoms with Crippen LogP contribution < -0.4 is 9.62 Å². The van der Waals surface area contributed by atoms with Crippen molar-refractivity contribution in [3.63, 3.8) is 0 Å². The standard InChI is InChI=1S/C13H22N4O3S/c1-11(20-2)10-21(18,19)16-12-5-3-8-17(9-12)13-14-6-4-7-15-13/h4,6-7,11-12,16H,3,5,8-10H2,1-2H3/t11-,12-/m1/s1. The summed E-state index contributed by atoms with van der Waals surface area (Å²) in [6, 6.07) is 1.65. The van der Waals surface area contributed by atoms with E-state index in [4.69, 9.17) is 4.74 Å². The Morgan fingerprint density at radius 2 is 2.19 bits per heavy atom. The zero-order valence-electron chi connectivity index (χ0n) is 12.4. The van der Waals surface area contributed by atoms with E-state index in [0.29, 0.717) is 12.5 Å². The van der Waals surface area contributed by atoms with E-state index in [1.54, 1.807) is 25.4 Å². The first-order valence-electron chi connectivity index (χ1n) is 7.05. The lowest BCUT2D eigenvalue weighted by atomic mass is 10.1. The van der Waals surface area contributed by atoms with Crippen LogP contribution in [0.3, 0.4) is 0 Å². The maximum atomic E-state index is 12.1. The van der Waals surface area contributed by atoms with Gasteiger partial charge in [0.25, 0.3) is 0 Å². The van der Waals surface area contributed by atoms with E-state index in [1.165, 1.54) is 7.11 Å². The molecule has 1 aromatic heterocycles. The van der Waals surface area contributed by atoms with E-state index in [1.807, 2.05) is 4.90 Å². The summed E-state index contributed by atoms with van der Waals surface area (Å²) in [5.41, 5.74) is 0. The Kier molecular flexibility index (Phi) is 5.49. The molecule has 0 amide bonds. The third-order valence-electron chi connectivity index (χ3n) is 3.46. The Hall–Kier alpha value is -1.25.